The molecule has 0 saturated carbocycles. The van der Waals surface area contributed by atoms with Crippen molar-refractivity contribution in [2.24, 2.45) is 0 Å². The Kier molecular flexibility index (Phi) is 7.58. The number of hydrogen-bond acceptors (Lipinski definition) is 3. The fourth-order valence-electron chi connectivity index (χ4n) is 2.37. The molecule has 0 atom stereocenters. The predicted octanol–water partition coefficient (Wildman–Crippen LogP) is 5.12. The number of unbranched alkanes of at least 4 members (excludes halogenated alkanes) is 1. The van der Waals surface area contributed by atoms with E-state index >= 15 is 0 Å². The Morgan fingerprint density at radius 3 is 2.38 bits per heavy atom. The van der Waals surface area contributed by atoms with Crippen molar-refractivity contribution in [2.45, 2.75) is 32.5 Å². The van der Waals surface area contributed by atoms with Crippen LogP contribution in [0.5, 0.6) is 0 Å². The Morgan fingerprint density at radius 2 is 1.76 bits per heavy atom. The van der Waals surface area contributed by atoms with Crippen molar-refractivity contribution in [3.05, 3.63) is 65.0 Å². The third-order valence-corrected chi connectivity index (χ3v) is 3.93. The number of carbonyl (C=O) groups excluding carboxylic acids is 2. The molecule has 0 bridgehead atoms. The van der Waals surface area contributed by atoms with Gasteiger partial charge in [-0.05, 0) is 36.8 Å². The van der Waals surface area contributed by atoms with E-state index in [2.05, 4.69) is 10.6 Å². The second-order valence-corrected chi connectivity index (χ2v) is 6.15. The minimum absolute atomic E-state index is 0.292. The molecule has 0 saturated heterocycles. The monoisotopic (exact) mass is 412 g/mol. The third-order valence-electron chi connectivity index (χ3n) is 3.93. The zero-order valence-electron chi connectivity index (χ0n) is 15.6. The third kappa shape index (κ3) is 6.48. The van der Waals surface area contributed by atoms with Gasteiger partial charge in [-0.3, -0.25) is 0 Å². The number of anilines is 1. The van der Waals surface area contributed by atoms with E-state index in [0.717, 1.165) is 25.0 Å². The van der Waals surface area contributed by atoms with Gasteiger partial charge in [-0.1, -0.05) is 25.5 Å². The lowest BCUT2D eigenvalue weighted by Gasteiger charge is -2.12. The molecule has 0 radical (unpaired) electrons. The second-order valence-electron chi connectivity index (χ2n) is 6.15. The molecule has 0 aromatic heterocycles. The molecule has 2 amide bonds. The van der Waals surface area contributed by atoms with Gasteiger partial charge in [0.2, 0.25) is 0 Å². The lowest BCUT2D eigenvalue weighted by Crippen LogP contribution is -2.28. The molecule has 9 heteroatoms. The molecule has 0 spiro atoms. The van der Waals surface area contributed by atoms with Crippen molar-refractivity contribution in [3.63, 3.8) is 0 Å². The Hall–Kier alpha value is -3.10. The lowest BCUT2D eigenvalue weighted by molar-refractivity contribution is -0.140. The number of carbonyl (C=O) groups is 2. The van der Waals surface area contributed by atoms with Crippen LogP contribution >= 0.6 is 0 Å². The summed E-state index contributed by atoms with van der Waals surface area (Å²) in [6.07, 6.45) is -3.16. The molecule has 156 valence electrons. The van der Waals surface area contributed by atoms with Gasteiger partial charge in [0.25, 0.3) is 0 Å². The minimum atomic E-state index is -4.82. The second kappa shape index (κ2) is 9.90. The van der Waals surface area contributed by atoms with E-state index < -0.39 is 36.1 Å². The highest BCUT2D eigenvalue weighted by Gasteiger charge is 2.34. The molecular formula is C20H20F4N2O3. The summed E-state index contributed by atoms with van der Waals surface area (Å²) in [5.74, 6) is -1.90. The van der Waals surface area contributed by atoms with E-state index in [4.69, 9.17) is 4.74 Å². The van der Waals surface area contributed by atoms with E-state index in [0.29, 0.717) is 23.9 Å². The smallest absolute Gasteiger partial charge is 0.419 e. The van der Waals surface area contributed by atoms with Crippen LogP contribution < -0.4 is 10.6 Å². The number of amides is 2. The topological polar surface area (TPSA) is 67.4 Å². The number of urea groups is 1. The zero-order valence-corrected chi connectivity index (χ0v) is 15.6. The maximum absolute atomic E-state index is 13.9. The van der Waals surface area contributed by atoms with E-state index in [1.54, 1.807) is 0 Å². The molecule has 0 aliphatic rings. The van der Waals surface area contributed by atoms with Crippen molar-refractivity contribution in [2.75, 3.05) is 11.9 Å². The van der Waals surface area contributed by atoms with Gasteiger partial charge in [0.05, 0.1) is 17.7 Å². The van der Waals surface area contributed by atoms with E-state index in [1.807, 2.05) is 6.92 Å². The molecule has 0 heterocycles. The Balaban J connectivity index is 1.91. The van der Waals surface area contributed by atoms with Gasteiger partial charge in [0.1, 0.15) is 5.82 Å². The van der Waals surface area contributed by atoms with Crippen molar-refractivity contribution in [1.82, 2.24) is 5.32 Å². The average Bonchev–Trinajstić information content (AvgIpc) is 2.67. The van der Waals surface area contributed by atoms with Gasteiger partial charge in [-0.25, -0.2) is 14.0 Å². The van der Waals surface area contributed by atoms with Crippen LogP contribution in [-0.2, 0) is 17.5 Å². The first kappa shape index (κ1) is 22.2. The summed E-state index contributed by atoms with van der Waals surface area (Å²) in [6.45, 7) is 1.87. The highest BCUT2D eigenvalue weighted by atomic mass is 19.4. The molecule has 29 heavy (non-hydrogen) atoms. The Labute approximate surface area is 165 Å². The van der Waals surface area contributed by atoms with E-state index in [1.165, 1.54) is 24.3 Å². The van der Waals surface area contributed by atoms with Gasteiger partial charge in [-0.15, -0.1) is 0 Å². The van der Waals surface area contributed by atoms with Gasteiger partial charge < -0.3 is 15.4 Å². The zero-order chi connectivity index (χ0) is 21.4. The summed E-state index contributed by atoms with van der Waals surface area (Å²) >= 11 is 0. The first-order valence-electron chi connectivity index (χ1n) is 8.89. The molecular weight excluding hydrogens is 392 g/mol. The van der Waals surface area contributed by atoms with E-state index in [-0.39, 0.29) is 5.56 Å². The van der Waals surface area contributed by atoms with Gasteiger partial charge >= 0.3 is 18.2 Å². The standard InChI is InChI=1S/C20H20F4N2O3/c1-2-3-11-29-18(27)13-7-9-15(10-8-13)26-19(28)25-12-14-5-4-6-16(17(14)21)20(22,23)24/h4-10H,2-3,11-12H2,1H3,(H2,25,26,28). The Bertz CT molecular complexity index is 852. The molecule has 2 rings (SSSR count). The van der Waals surface area contributed by atoms with Crippen LogP contribution in [0.15, 0.2) is 42.5 Å². The maximum atomic E-state index is 13.9. The number of halogens is 4. The van der Waals surface area contributed by atoms with E-state index in [9.17, 15) is 27.2 Å². The normalized spacial score (nSPS) is 11.1. The summed E-state index contributed by atoms with van der Waals surface area (Å²) in [4.78, 5) is 23.7. The predicted molar refractivity (Wildman–Crippen MR) is 98.9 cm³/mol. The first-order chi connectivity index (χ1) is 13.7. The Morgan fingerprint density at radius 1 is 1.07 bits per heavy atom. The van der Waals surface area contributed by atoms with Crippen LogP contribution in [0, 0.1) is 5.82 Å². The van der Waals surface area contributed by atoms with Crippen molar-refractivity contribution < 1.29 is 31.9 Å². The largest absolute Gasteiger partial charge is 0.462 e. The molecule has 0 aliphatic heterocycles. The van der Waals surface area contributed by atoms with Crippen LogP contribution in [0.2, 0.25) is 0 Å². The number of benzene rings is 2. The minimum Gasteiger partial charge on any atom is -0.462 e. The van der Waals surface area contributed by atoms with Crippen LogP contribution in [0.4, 0.5) is 28.0 Å². The van der Waals surface area contributed by atoms with Crippen LogP contribution in [0.3, 0.4) is 0 Å². The highest BCUT2D eigenvalue weighted by molar-refractivity contribution is 5.92. The highest BCUT2D eigenvalue weighted by Crippen LogP contribution is 2.32. The number of esters is 1. The van der Waals surface area contributed by atoms with Gasteiger partial charge in [0, 0.05) is 17.8 Å². The summed E-state index contributed by atoms with van der Waals surface area (Å²) < 4.78 is 57.2. The molecule has 5 nitrogen and oxygen atoms in total. The van der Waals surface area contributed by atoms with Crippen LogP contribution in [0.1, 0.15) is 41.3 Å². The van der Waals surface area contributed by atoms with Gasteiger partial charge in [0.15, 0.2) is 0 Å². The molecule has 2 N–H and O–H groups in total. The number of alkyl halides is 3. The van der Waals surface area contributed by atoms with Crippen molar-refractivity contribution >= 4 is 17.7 Å². The van der Waals surface area contributed by atoms with Crippen LogP contribution in [0.25, 0.3) is 0 Å². The molecule has 2 aromatic rings. The lowest BCUT2D eigenvalue weighted by atomic mass is 10.1. The SMILES string of the molecule is CCCCOC(=O)c1ccc(NC(=O)NCc2cccc(C(F)(F)F)c2F)cc1. The molecule has 0 fully saturated rings. The number of ether oxygens (including phenoxy) is 1. The van der Waals surface area contributed by atoms with Crippen LogP contribution in [-0.4, -0.2) is 18.6 Å². The molecule has 0 unspecified atom stereocenters. The number of rotatable bonds is 7. The summed E-state index contributed by atoms with van der Waals surface area (Å²) in [6, 6.07) is 8.01. The number of hydrogen-bond donors (Lipinski definition) is 2. The summed E-state index contributed by atoms with van der Waals surface area (Å²) in [7, 11) is 0. The fraction of sp³-hybridized carbons (Fsp3) is 0.300. The number of nitrogens with one attached hydrogen (secondary N) is 2. The molecule has 2 aromatic carbocycles. The van der Waals surface area contributed by atoms with Gasteiger partial charge in [-0.2, -0.15) is 13.2 Å². The van der Waals surface area contributed by atoms with Crippen molar-refractivity contribution in [1.29, 1.82) is 0 Å². The maximum Gasteiger partial charge on any atom is 0.419 e. The summed E-state index contributed by atoms with van der Waals surface area (Å²) in [5, 5.41) is 4.74. The quantitative estimate of drug-likeness (QED) is 0.377. The fourth-order valence-corrected chi connectivity index (χ4v) is 2.37. The summed E-state index contributed by atoms with van der Waals surface area (Å²) in [5.41, 5.74) is -1.02. The van der Waals surface area contributed by atoms with Crippen molar-refractivity contribution in [3.8, 4) is 0 Å². The average molecular weight is 412 g/mol. The first-order valence-corrected chi connectivity index (χ1v) is 8.89. The molecule has 0 aliphatic carbocycles.